The van der Waals surface area contributed by atoms with E-state index in [4.69, 9.17) is 9.84 Å². The first-order valence-electron chi connectivity index (χ1n) is 10.9. The predicted octanol–water partition coefficient (Wildman–Crippen LogP) is 5.25. The van der Waals surface area contributed by atoms with Crippen molar-refractivity contribution < 1.29 is 24.2 Å². The van der Waals surface area contributed by atoms with Crippen LogP contribution in [0.1, 0.15) is 40.2 Å². The summed E-state index contributed by atoms with van der Waals surface area (Å²) < 4.78 is 6.23. The minimum atomic E-state index is -1.06. The zero-order valence-electron chi connectivity index (χ0n) is 18.2. The Morgan fingerprint density at radius 1 is 0.941 bits per heavy atom. The van der Waals surface area contributed by atoms with Crippen LogP contribution in [0, 0.1) is 3.57 Å². The van der Waals surface area contributed by atoms with Gasteiger partial charge in [0.05, 0.1) is 11.3 Å². The van der Waals surface area contributed by atoms with E-state index in [1.165, 1.54) is 23.3 Å². The number of aromatic carboxylic acids is 1. The minimum absolute atomic E-state index is 0.00651. The van der Waals surface area contributed by atoms with E-state index in [0.717, 1.165) is 14.7 Å². The fourth-order valence-corrected chi connectivity index (χ4v) is 4.53. The van der Waals surface area contributed by atoms with E-state index in [9.17, 15) is 14.4 Å². The third kappa shape index (κ3) is 5.39. The van der Waals surface area contributed by atoms with E-state index in [2.05, 4.69) is 34.9 Å². The standard InChI is InChI=1S/C26H23IN2O5/c27-22-12-11-16(25(31)32)14-23(22)29-24(30)10-5-13-28-26(33)34-15-21-19-8-3-1-6-17(19)18-7-2-4-9-20(18)21/h1-4,6-9,11-12,14,21H,5,10,13,15H2,(H,28,33)(H,29,30)(H,31,32). The molecule has 0 unspecified atom stereocenters. The molecule has 3 N–H and O–H groups in total. The van der Waals surface area contributed by atoms with Crippen LogP contribution in [0.3, 0.4) is 0 Å². The lowest BCUT2D eigenvalue weighted by atomic mass is 9.98. The number of alkyl carbamates (subject to hydrolysis) is 1. The molecule has 34 heavy (non-hydrogen) atoms. The monoisotopic (exact) mass is 570 g/mol. The maximum atomic E-state index is 12.2. The van der Waals surface area contributed by atoms with Crippen molar-refractivity contribution in [1.82, 2.24) is 5.32 Å². The first-order chi connectivity index (χ1) is 16.4. The van der Waals surface area contributed by atoms with Gasteiger partial charge in [0.25, 0.3) is 0 Å². The summed E-state index contributed by atoms with van der Waals surface area (Å²) in [5, 5.41) is 14.5. The van der Waals surface area contributed by atoms with Gasteiger partial charge in [-0.3, -0.25) is 4.79 Å². The second-order valence-electron chi connectivity index (χ2n) is 7.90. The van der Waals surface area contributed by atoms with Gasteiger partial charge in [0.2, 0.25) is 5.91 Å². The van der Waals surface area contributed by atoms with E-state index < -0.39 is 12.1 Å². The van der Waals surface area contributed by atoms with Crippen molar-refractivity contribution in [2.45, 2.75) is 18.8 Å². The summed E-state index contributed by atoms with van der Waals surface area (Å²) in [6, 6.07) is 20.8. The highest BCUT2D eigenvalue weighted by Gasteiger charge is 2.28. The summed E-state index contributed by atoms with van der Waals surface area (Å²) in [5.41, 5.74) is 5.19. The number of carbonyl (C=O) groups is 3. The number of carbonyl (C=O) groups excluding carboxylic acids is 2. The highest BCUT2D eigenvalue weighted by atomic mass is 127. The van der Waals surface area contributed by atoms with Gasteiger partial charge in [-0.15, -0.1) is 0 Å². The molecule has 0 saturated carbocycles. The van der Waals surface area contributed by atoms with Crippen LogP contribution < -0.4 is 10.6 Å². The average molecular weight is 570 g/mol. The summed E-state index contributed by atoms with van der Waals surface area (Å²) in [6.45, 7) is 0.523. The van der Waals surface area contributed by atoms with Gasteiger partial charge in [0.1, 0.15) is 6.61 Å². The average Bonchev–Trinajstić information content (AvgIpc) is 3.15. The smallest absolute Gasteiger partial charge is 0.407 e. The molecule has 0 heterocycles. The number of nitrogens with one attached hydrogen (secondary N) is 2. The number of amides is 2. The van der Waals surface area contributed by atoms with Crippen LogP contribution in [0.2, 0.25) is 0 Å². The topological polar surface area (TPSA) is 105 Å². The second-order valence-corrected chi connectivity index (χ2v) is 9.07. The Bertz CT molecular complexity index is 1200. The van der Waals surface area contributed by atoms with Gasteiger partial charge in [-0.2, -0.15) is 0 Å². The number of hydrogen-bond donors (Lipinski definition) is 3. The summed E-state index contributed by atoms with van der Waals surface area (Å²) in [7, 11) is 0. The molecule has 4 rings (SSSR count). The van der Waals surface area contributed by atoms with Crippen molar-refractivity contribution in [3.8, 4) is 11.1 Å². The molecule has 0 aromatic heterocycles. The summed E-state index contributed by atoms with van der Waals surface area (Å²) in [6.07, 6.45) is 0.0772. The Kier molecular flexibility index (Phi) is 7.46. The molecule has 1 aliphatic carbocycles. The van der Waals surface area contributed by atoms with Crippen LogP contribution >= 0.6 is 22.6 Å². The quantitative estimate of drug-likeness (QED) is 0.254. The number of hydrogen-bond acceptors (Lipinski definition) is 4. The Balaban J connectivity index is 1.22. The predicted molar refractivity (Wildman–Crippen MR) is 137 cm³/mol. The van der Waals surface area contributed by atoms with Gasteiger partial charge in [0, 0.05) is 22.5 Å². The third-order valence-corrected chi connectivity index (χ3v) is 6.62. The van der Waals surface area contributed by atoms with Crippen molar-refractivity contribution in [3.63, 3.8) is 0 Å². The lowest BCUT2D eigenvalue weighted by Crippen LogP contribution is -2.27. The maximum absolute atomic E-state index is 12.2. The third-order valence-electron chi connectivity index (χ3n) is 5.68. The molecule has 2 amide bonds. The number of fused-ring (bicyclic) bond motifs is 3. The molecule has 8 heteroatoms. The Labute approximate surface area is 210 Å². The van der Waals surface area contributed by atoms with E-state index >= 15 is 0 Å². The molecule has 0 aliphatic heterocycles. The highest BCUT2D eigenvalue weighted by molar-refractivity contribution is 14.1. The fourth-order valence-electron chi connectivity index (χ4n) is 4.06. The van der Waals surface area contributed by atoms with Crippen LogP contribution in [0.5, 0.6) is 0 Å². The van der Waals surface area contributed by atoms with Crippen LogP contribution in [0.15, 0.2) is 66.7 Å². The maximum Gasteiger partial charge on any atom is 0.407 e. The molecular weight excluding hydrogens is 547 g/mol. The van der Waals surface area contributed by atoms with Gasteiger partial charge in [-0.25, -0.2) is 9.59 Å². The molecule has 0 atom stereocenters. The molecule has 3 aromatic carbocycles. The van der Waals surface area contributed by atoms with Crippen LogP contribution in [0.4, 0.5) is 10.5 Å². The molecule has 1 aliphatic rings. The molecule has 3 aromatic rings. The first kappa shape index (κ1) is 23.7. The van der Waals surface area contributed by atoms with E-state index in [0.29, 0.717) is 12.1 Å². The lowest BCUT2D eigenvalue weighted by Gasteiger charge is -2.14. The molecular formula is C26H23IN2O5. The van der Waals surface area contributed by atoms with Gasteiger partial charge >= 0.3 is 12.1 Å². The SMILES string of the molecule is O=C(CCCNC(=O)OCC1c2ccccc2-c2ccccc21)Nc1cc(C(=O)O)ccc1I. The van der Waals surface area contributed by atoms with Crippen molar-refractivity contribution in [1.29, 1.82) is 0 Å². The highest BCUT2D eigenvalue weighted by Crippen LogP contribution is 2.44. The van der Waals surface area contributed by atoms with Crippen LogP contribution in [-0.2, 0) is 9.53 Å². The van der Waals surface area contributed by atoms with Crippen molar-refractivity contribution in [3.05, 3.63) is 87.0 Å². The van der Waals surface area contributed by atoms with Gasteiger partial charge in [-0.05, 0) is 69.5 Å². The first-order valence-corrected chi connectivity index (χ1v) is 11.9. The fraction of sp³-hybridized carbons (Fsp3) is 0.192. The zero-order valence-corrected chi connectivity index (χ0v) is 20.4. The zero-order chi connectivity index (χ0) is 24.1. The molecule has 174 valence electrons. The number of rotatable bonds is 8. The molecule has 0 bridgehead atoms. The second kappa shape index (κ2) is 10.7. The summed E-state index contributed by atoms with van der Waals surface area (Å²) in [5.74, 6) is -1.32. The summed E-state index contributed by atoms with van der Waals surface area (Å²) >= 11 is 2.03. The van der Waals surface area contributed by atoms with Gasteiger partial charge in [-0.1, -0.05) is 48.5 Å². The number of anilines is 1. The molecule has 0 saturated heterocycles. The van der Waals surface area contributed by atoms with E-state index in [1.807, 2.05) is 46.9 Å². The number of benzene rings is 3. The van der Waals surface area contributed by atoms with Crippen molar-refractivity contribution >= 4 is 46.2 Å². The van der Waals surface area contributed by atoms with E-state index in [1.54, 1.807) is 6.07 Å². The Morgan fingerprint density at radius 2 is 1.59 bits per heavy atom. The number of carboxylic acids is 1. The number of carboxylic acid groups (broad SMARTS) is 1. The number of ether oxygens (including phenoxy) is 1. The molecule has 0 radical (unpaired) electrons. The van der Waals surface area contributed by atoms with E-state index in [-0.39, 0.29) is 37.0 Å². The normalized spacial score (nSPS) is 11.9. The van der Waals surface area contributed by atoms with Crippen molar-refractivity contribution in [2.75, 3.05) is 18.5 Å². The largest absolute Gasteiger partial charge is 0.478 e. The molecule has 7 nitrogen and oxygen atoms in total. The van der Waals surface area contributed by atoms with Gasteiger partial charge < -0.3 is 20.5 Å². The minimum Gasteiger partial charge on any atom is -0.478 e. The van der Waals surface area contributed by atoms with Crippen LogP contribution in [0.25, 0.3) is 11.1 Å². The lowest BCUT2D eigenvalue weighted by molar-refractivity contribution is -0.116. The number of halogens is 1. The Morgan fingerprint density at radius 3 is 2.24 bits per heavy atom. The van der Waals surface area contributed by atoms with Crippen molar-refractivity contribution in [2.24, 2.45) is 0 Å². The van der Waals surface area contributed by atoms with Gasteiger partial charge in [0.15, 0.2) is 0 Å². The Hall–Kier alpha value is -3.40. The molecule has 0 fully saturated rings. The summed E-state index contributed by atoms with van der Waals surface area (Å²) in [4.78, 5) is 35.5. The molecule has 0 spiro atoms. The van der Waals surface area contributed by atoms with Crippen LogP contribution in [-0.4, -0.2) is 36.2 Å².